The quantitative estimate of drug-likeness (QED) is 0.850. The van der Waals surface area contributed by atoms with E-state index < -0.39 is 0 Å². The molecule has 0 saturated carbocycles. The molecule has 0 spiro atoms. The number of H-pyrrole nitrogens is 1. The van der Waals surface area contributed by atoms with Gasteiger partial charge in [-0.2, -0.15) is 0 Å². The molecule has 17 heavy (non-hydrogen) atoms. The Labute approximate surface area is 101 Å². The van der Waals surface area contributed by atoms with Crippen LogP contribution in [0.2, 0.25) is 0 Å². The standard InChI is InChI=1S/C13H17N3O/c1-9-4-5-11(13(6-9)17-3)14-7-12-10(2)15-8-16-12/h4-6,8,14H,7H2,1-3H3,(H,15,16). The third-order valence-electron chi connectivity index (χ3n) is 2.74. The molecule has 4 heteroatoms. The monoisotopic (exact) mass is 231 g/mol. The van der Waals surface area contributed by atoms with E-state index in [0.717, 1.165) is 22.8 Å². The van der Waals surface area contributed by atoms with E-state index in [1.54, 1.807) is 13.4 Å². The van der Waals surface area contributed by atoms with Gasteiger partial charge in [0.2, 0.25) is 0 Å². The molecule has 2 rings (SSSR count). The van der Waals surface area contributed by atoms with Gasteiger partial charge in [0.15, 0.2) is 0 Å². The van der Waals surface area contributed by atoms with Crippen molar-refractivity contribution in [3.63, 3.8) is 0 Å². The molecule has 0 atom stereocenters. The SMILES string of the molecule is COc1cc(C)ccc1NCc1nc[nH]c1C. The second kappa shape index (κ2) is 4.91. The molecule has 0 unspecified atom stereocenters. The Morgan fingerprint density at radius 2 is 2.18 bits per heavy atom. The van der Waals surface area contributed by atoms with Crippen molar-refractivity contribution >= 4 is 5.69 Å². The van der Waals surface area contributed by atoms with Gasteiger partial charge >= 0.3 is 0 Å². The summed E-state index contributed by atoms with van der Waals surface area (Å²) in [6.07, 6.45) is 1.71. The van der Waals surface area contributed by atoms with Crippen LogP contribution in [0.15, 0.2) is 24.5 Å². The number of rotatable bonds is 4. The number of aromatic amines is 1. The number of anilines is 1. The van der Waals surface area contributed by atoms with Crippen molar-refractivity contribution in [3.8, 4) is 5.75 Å². The van der Waals surface area contributed by atoms with Crippen LogP contribution in [0.4, 0.5) is 5.69 Å². The molecule has 0 aliphatic heterocycles. The van der Waals surface area contributed by atoms with E-state index in [1.165, 1.54) is 5.56 Å². The van der Waals surface area contributed by atoms with Crippen LogP contribution >= 0.6 is 0 Å². The number of imidazole rings is 1. The van der Waals surface area contributed by atoms with Gasteiger partial charge in [0.25, 0.3) is 0 Å². The minimum Gasteiger partial charge on any atom is -0.495 e. The summed E-state index contributed by atoms with van der Waals surface area (Å²) in [5, 5.41) is 3.33. The van der Waals surface area contributed by atoms with Crippen molar-refractivity contribution in [1.82, 2.24) is 9.97 Å². The number of hydrogen-bond acceptors (Lipinski definition) is 3. The number of aryl methyl sites for hydroxylation is 2. The first-order valence-electron chi connectivity index (χ1n) is 5.58. The highest BCUT2D eigenvalue weighted by Gasteiger charge is 2.05. The van der Waals surface area contributed by atoms with Crippen molar-refractivity contribution in [3.05, 3.63) is 41.5 Å². The van der Waals surface area contributed by atoms with E-state index in [0.29, 0.717) is 6.54 Å². The zero-order chi connectivity index (χ0) is 12.3. The molecule has 0 radical (unpaired) electrons. The van der Waals surface area contributed by atoms with Crippen LogP contribution in [0.5, 0.6) is 5.75 Å². The maximum atomic E-state index is 5.34. The summed E-state index contributed by atoms with van der Waals surface area (Å²) in [5.41, 5.74) is 4.28. The lowest BCUT2D eigenvalue weighted by atomic mass is 10.2. The predicted molar refractivity (Wildman–Crippen MR) is 68.4 cm³/mol. The first kappa shape index (κ1) is 11.5. The summed E-state index contributed by atoms with van der Waals surface area (Å²) in [6.45, 7) is 4.75. The van der Waals surface area contributed by atoms with Crippen LogP contribution in [-0.2, 0) is 6.54 Å². The van der Waals surface area contributed by atoms with Gasteiger partial charge in [0.05, 0.1) is 31.4 Å². The molecule has 2 aromatic rings. The van der Waals surface area contributed by atoms with Gasteiger partial charge in [0.1, 0.15) is 5.75 Å². The van der Waals surface area contributed by atoms with Crippen LogP contribution in [0.1, 0.15) is 17.0 Å². The minimum atomic E-state index is 0.689. The van der Waals surface area contributed by atoms with Crippen molar-refractivity contribution in [2.75, 3.05) is 12.4 Å². The van der Waals surface area contributed by atoms with E-state index >= 15 is 0 Å². The zero-order valence-corrected chi connectivity index (χ0v) is 10.4. The van der Waals surface area contributed by atoms with Gasteiger partial charge in [-0.25, -0.2) is 4.98 Å². The van der Waals surface area contributed by atoms with E-state index in [4.69, 9.17) is 4.74 Å². The van der Waals surface area contributed by atoms with Crippen LogP contribution < -0.4 is 10.1 Å². The first-order valence-corrected chi connectivity index (χ1v) is 5.58. The summed E-state index contributed by atoms with van der Waals surface area (Å²) in [7, 11) is 1.68. The Bertz CT molecular complexity index is 505. The summed E-state index contributed by atoms with van der Waals surface area (Å²) in [5.74, 6) is 0.859. The second-order valence-electron chi connectivity index (χ2n) is 4.03. The Morgan fingerprint density at radius 3 is 2.82 bits per heavy atom. The van der Waals surface area contributed by atoms with Crippen LogP contribution in [0.25, 0.3) is 0 Å². The number of benzene rings is 1. The average Bonchev–Trinajstić information content (AvgIpc) is 2.73. The molecule has 1 aromatic carbocycles. The van der Waals surface area contributed by atoms with Crippen LogP contribution in [0.3, 0.4) is 0 Å². The third-order valence-corrected chi connectivity index (χ3v) is 2.74. The Kier molecular flexibility index (Phi) is 3.32. The lowest BCUT2D eigenvalue weighted by Crippen LogP contribution is -2.03. The zero-order valence-electron chi connectivity index (χ0n) is 10.4. The molecule has 0 bridgehead atoms. The summed E-state index contributed by atoms with van der Waals surface area (Å²) in [4.78, 5) is 7.31. The number of hydrogen-bond donors (Lipinski definition) is 2. The fourth-order valence-corrected chi connectivity index (χ4v) is 1.69. The molecule has 0 aliphatic rings. The van der Waals surface area contributed by atoms with Crippen LogP contribution in [0, 0.1) is 13.8 Å². The molecular formula is C13H17N3O. The highest BCUT2D eigenvalue weighted by atomic mass is 16.5. The highest BCUT2D eigenvalue weighted by molar-refractivity contribution is 5.57. The fraction of sp³-hybridized carbons (Fsp3) is 0.308. The van der Waals surface area contributed by atoms with Gasteiger partial charge in [-0.15, -0.1) is 0 Å². The fourth-order valence-electron chi connectivity index (χ4n) is 1.69. The van der Waals surface area contributed by atoms with Crippen molar-refractivity contribution in [2.24, 2.45) is 0 Å². The smallest absolute Gasteiger partial charge is 0.142 e. The molecule has 0 amide bonds. The molecule has 1 heterocycles. The van der Waals surface area contributed by atoms with Gasteiger partial charge in [0, 0.05) is 5.69 Å². The molecule has 0 saturated heterocycles. The average molecular weight is 231 g/mol. The Hall–Kier alpha value is -1.97. The molecule has 4 nitrogen and oxygen atoms in total. The first-order chi connectivity index (χ1) is 8.20. The predicted octanol–water partition coefficient (Wildman–Crippen LogP) is 2.65. The lowest BCUT2D eigenvalue weighted by molar-refractivity contribution is 0.416. The normalized spacial score (nSPS) is 10.3. The van der Waals surface area contributed by atoms with Crippen molar-refractivity contribution in [2.45, 2.75) is 20.4 Å². The second-order valence-corrected chi connectivity index (χ2v) is 4.03. The summed E-state index contributed by atoms with van der Waals surface area (Å²) >= 11 is 0. The van der Waals surface area contributed by atoms with E-state index in [1.807, 2.05) is 26.0 Å². The number of methoxy groups -OCH3 is 1. The Morgan fingerprint density at radius 1 is 1.35 bits per heavy atom. The van der Waals surface area contributed by atoms with Crippen molar-refractivity contribution in [1.29, 1.82) is 0 Å². The van der Waals surface area contributed by atoms with E-state index in [2.05, 4.69) is 21.4 Å². The van der Waals surface area contributed by atoms with Gasteiger partial charge in [-0.05, 0) is 31.5 Å². The summed E-state index contributed by atoms with van der Waals surface area (Å²) in [6, 6.07) is 6.10. The van der Waals surface area contributed by atoms with E-state index in [-0.39, 0.29) is 0 Å². The van der Waals surface area contributed by atoms with Crippen LogP contribution in [-0.4, -0.2) is 17.1 Å². The topological polar surface area (TPSA) is 49.9 Å². The molecular weight excluding hydrogens is 214 g/mol. The molecule has 90 valence electrons. The minimum absolute atomic E-state index is 0.689. The number of nitrogens with zero attached hydrogens (tertiary/aromatic N) is 1. The third kappa shape index (κ3) is 2.58. The van der Waals surface area contributed by atoms with Gasteiger partial charge < -0.3 is 15.0 Å². The largest absolute Gasteiger partial charge is 0.495 e. The summed E-state index contributed by atoms with van der Waals surface area (Å²) < 4.78 is 5.34. The maximum Gasteiger partial charge on any atom is 0.142 e. The Balaban J connectivity index is 2.11. The van der Waals surface area contributed by atoms with Crippen molar-refractivity contribution < 1.29 is 4.74 Å². The number of ether oxygens (including phenoxy) is 1. The molecule has 2 N–H and O–H groups in total. The van der Waals surface area contributed by atoms with Gasteiger partial charge in [-0.3, -0.25) is 0 Å². The molecule has 0 aliphatic carbocycles. The van der Waals surface area contributed by atoms with Gasteiger partial charge in [-0.1, -0.05) is 6.07 Å². The molecule has 0 fully saturated rings. The lowest BCUT2D eigenvalue weighted by Gasteiger charge is -2.11. The maximum absolute atomic E-state index is 5.34. The number of aromatic nitrogens is 2. The number of nitrogens with one attached hydrogen (secondary N) is 2. The van der Waals surface area contributed by atoms with E-state index in [9.17, 15) is 0 Å². The molecule has 1 aromatic heterocycles. The highest BCUT2D eigenvalue weighted by Crippen LogP contribution is 2.25.